The first-order valence-electron chi connectivity index (χ1n) is 6.40. The molecule has 1 heterocycles. The molecule has 114 valence electrons. The molecule has 21 heavy (non-hydrogen) atoms. The Hall–Kier alpha value is -1.90. The van der Waals surface area contributed by atoms with E-state index in [1.807, 2.05) is 43.3 Å². The normalized spacial score (nSPS) is 12.0. The van der Waals surface area contributed by atoms with E-state index in [9.17, 15) is 8.42 Å². The highest BCUT2D eigenvalue weighted by Gasteiger charge is 2.19. The Kier molecular flexibility index (Phi) is 4.61. The zero-order chi connectivity index (χ0) is 15.5. The number of H-pyrrole nitrogens is 1. The molecule has 0 saturated carbocycles. The second-order valence-corrected chi connectivity index (χ2v) is 6.71. The van der Waals surface area contributed by atoms with Crippen LogP contribution in [0.2, 0.25) is 0 Å². The van der Waals surface area contributed by atoms with Gasteiger partial charge in [-0.1, -0.05) is 24.3 Å². The third kappa shape index (κ3) is 3.81. The summed E-state index contributed by atoms with van der Waals surface area (Å²) < 4.78 is 26.9. The molecule has 2 rings (SSSR count). The van der Waals surface area contributed by atoms with Crippen LogP contribution in [0.15, 0.2) is 35.4 Å². The number of nitrogens with zero attached hydrogens (tertiary/aromatic N) is 2. The molecule has 0 aliphatic rings. The summed E-state index contributed by atoms with van der Waals surface area (Å²) in [6.07, 6.45) is 1.20. The van der Waals surface area contributed by atoms with Gasteiger partial charge in [0.1, 0.15) is 10.7 Å². The standard InChI is InChI=1S/C13H19N5O2S/c1-18(2)9-11-6-4-3-5-10(11)7-16-21(19,20)12-8-15-17-13(12)14/h3-6,8,16H,7,9H2,1-2H3,(H3,14,15,17). The van der Waals surface area contributed by atoms with E-state index in [0.29, 0.717) is 0 Å². The van der Waals surface area contributed by atoms with Crippen molar-refractivity contribution in [2.45, 2.75) is 18.0 Å². The predicted octanol–water partition coefficient (Wildman–Crippen LogP) is 0.532. The van der Waals surface area contributed by atoms with E-state index in [-0.39, 0.29) is 17.3 Å². The van der Waals surface area contributed by atoms with E-state index in [1.165, 1.54) is 6.20 Å². The van der Waals surface area contributed by atoms with Crippen molar-refractivity contribution in [3.8, 4) is 0 Å². The van der Waals surface area contributed by atoms with Gasteiger partial charge in [0.25, 0.3) is 0 Å². The van der Waals surface area contributed by atoms with Crippen LogP contribution in [0.3, 0.4) is 0 Å². The predicted molar refractivity (Wildman–Crippen MR) is 80.9 cm³/mol. The number of aromatic amines is 1. The van der Waals surface area contributed by atoms with Crippen molar-refractivity contribution < 1.29 is 8.42 Å². The van der Waals surface area contributed by atoms with Crippen LogP contribution in [0.5, 0.6) is 0 Å². The molecule has 0 unspecified atom stereocenters. The average Bonchev–Trinajstić information content (AvgIpc) is 2.84. The van der Waals surface area contributed by atoms with Crippen LogP contribution in [0.25, 0.3) is 0 Å². The average molecular weight is 309 g/mol. The van der Waals surface area contributed by atoms with Crippen LogP contribution in [0.1, 0.15) is 11.1 Å². The molecule has 0 amide bonds. The van der Waals surface area contributed by atoms with E-state index in [0.717, 1.165) is 17.7 Å². The minimum atomic E-state index is -3.67. The van der Waals surface area contributed by atoms with Crippen molar-refractivity contribution in [2.75, 3.05) is 19.8 Å². The maximum Gasteiger partial charge on any atom is 0.246 e. The van der Waals surface area contributed by atoms with Crippen LogP contribution >= 0.6 is 0 Å². The van der Waals surface area contributed by atoms with E-state index < -0.39 is 10.0 Å². The van der Waals surface area contributed by atoms with Crippen LogP contribution < -0.4 is 10.5 Å². The summed E-state index contributed by atoms with van der Waals surface area (Å²) in [5.41, 5.74) is 7.55. The van der Waals surface area contributed by atoms with Gasteiger partial charge in [-0.15, -0.1) is 0 Å². The van der Waals surface area contributed by atoms with Gasteiger partial charge >= 0.3 is 0 Å². The lowest BCUT2D eigenvalue weighted by atomic mass is 10.1. The Morgan fingerprint density at radius 3 is 2.52 bits per heavy atom. The lowest BCUT2D eigenvalue weighted by Gasteiger charge is -2.14. The molecule has 0 atom stereocenters. The highest BCUT2D eigenvalue weighted by molar-refractivity contribution is 7.89. The molecular weight excluding hydrogens is 290 g/mol. The van der Waals surface area contributed by atoms with Crippen molar-refractivity contribution in [1.29, 1.82) is 0 Å². The van der Waals surface area contributed by atoms with Crippen LogP contribution in [0, 0.1) is 0 Å². The molecule has 1 aromatic heterocycles. The van der Waals surface area contributed by atoms with Crippen molar-refractivity contribution in [1.82, 2.24) is 19.8 Å². The van der Waals surface area contributed by atoms with Crippen molar-refractivity contribution >= 4 is 15.8 Å². The Labute approximate surface area is 124 Å². The lowest BCUT2D eigenvalue weighted by molar-refractivity contribution is 0.400. The topological polar surface area (TPSA) is 104 Å². The van der Waals surface area contributed by atoms with Crippen molar-refractivity contribution in [2.24, 2.45) is 0 Å². The highest BCUT2D eigenvalue weighted by Crippen LogP contribution is 2.16. The van der Waals surface area contributed by atoms with Crippen LogP contribution in [0.4, 0.5) is 5.82 Å². The number of hydrogen-bond donors (Lipinski definition) is 3. The third-order valence-electron chi connectivity index (χ3n) is 2.98. The molecule has 2 aromatic rings. The first-order chi connectivity index (χ1) is 9.90. The quantitative estimate of drug-likeness (QED) is 0.722. The van der Waals surface area contributed by atoms with Gasteiger partial charge in [-0.25, -0.2) is 13.1 Å². The van der Waals surface area contributed by atoms with Crippen LogP contribution in [-0.4, -0.2) is 37.6 Å². The summed E-state index contributed by atoms with van der Waals surface area (Å²) in [4.78, 5) is 1.99. The molecular formula is C13H19N5O2S. The molecule has 0 radical (unpaired) electrons. The number of sulfonamides is 1. The smallest absolute Gasteiger partial charge is 0.246 e. The summed E-state index contributed by atoms with van der Waals surface area (Å²) in [6.45, 7) is 0.947. The summed E-state index contributed by atoms with van der Waals surface area (Å²) in [5, 5.41) is 6.04. The maximum atomic E-state index is 12.2. The van der Waals surface area contributed by atoms with Gasteiger partial charge in [-0.3, -0.25) is 5.10 Å². The van der Waals surface area contributed by atoms with Crippen molar-refractivity contribution in [3.05, 3.63) is 41.6 Å². The Morgan fingerprint density at radius 2 is 1.95 bits per heavy atom. The van der Waals surface area contributed by atoms with E-state index >= 15 is 0 Å². The highest BCUT2D eigenvalue weighted by atomic mass is 32.2. The molecule has 1 aromatic carbocycles. The number of anilines is 1. The van der Waals surface area contributed by atoms with Crippen molar-refractivity contribution in [3.63, 3.8) is 0 Å². The Morgan fingerprint density at radius 1 is 1.29 bits per heavy atom. The molecule has 0 aliphatic carbocycles. The molecule has 4 N–H and O–H groups in total. The minimum absolute atomic E-state index is 0.0316. The Balaban J connectivity index is 2.15. The molecule has 0 fully saturated rings. The zero-order valence-electron chi connectivity index (χ0n) is 12.0. The van der Waals surface area contributed by atoms with Gasteiger partial charge in [-0.05, 0) is 25.2 Å². The second kappa shape index (κ2) is 6.25. The number of rotatable bonds is 6. The van der Waals surface area contributed by atoms with Gasteiger partial charge in [0.2, 0.25) is 10.0 Å². The lowest BCUT2D eigenvalue weighted by Crippen LogP contribution is -2.24. The summed E-state index contributed by atoms with van der Waals surface area (Å²) >= 11 is 0. The summed E-state index contributed by atoms with van der Waals surface area (Å²) in [7, 11) is 0.257. The zero-order valence-corrected chi connectivity index (χ0v) is 12.8. The van der Waals surface area contributed by atoms with Gasteiger partial charge in [-0.2, -0.15) is 5.10 Å². The number of nitrogens with two attached hydrogens (primary N) is 1. The minimum Gasteiger partial charge on any atom is -0.383 e. The van der Waals surface area contributed by atoms with E-state index in [1.54, 1.807) is 0 Å². The Bertz CT molecular complexity index is 709. The molecule has 0 saturated heterocycles. The molecule has 8 heteroatoms. The molecule has 0 aliphatic heterocycles. The first kappa shape index (κ1) is 15.5. The number of nitrogen functional groups attached to an aromatic ring is 1. The van der Waals surface area contributed by atoms with Gasteiger partial charge < -0.3 is 10.6 Å². The van der Waals surface area contributed by atoms with Crippen LogP contribution in [-0.2, 0) is 23.1 Å². The number of nitrogens with one attached hydrogen (secondary N) is 2. The molecule has 0 spiro atoms. The second-order valence-electron chi connectivity index (χ2n) is 4.98. The monoisotopic (exact) mass is 309 g/mol. The number of aromatic nitrogens is 2. The largest absolute Gasteiger partial charge is 0.383 e. The maximum absolute atomic E-state index is 12.2. The SMILES string of the molecule is CN(C)Cc1ccccc1CNS(=O)(=O)c1cn[nH]c1N. The first-order valence-corrected chi connectivity index (χ1v) is 7.88. The number of hydrogen-bond acceptors (Lipinski definition) is 5. The number of benzene rings is 1. The summed E-state index contributed by atoms with van der Waals surface area (Å²) in [5.74, 6) is 0.0316. The summed E-state index contributed by atoms with van der Waals surface area (Å²) in [6, 6.07) is 7.70. The molecule has 0 bridgehead atoms. The van der Waals surface area contributed by atoms with E-state index in [2.05, 4.69) is 14.9 Å². The van der Waals surface area contributed by atoms with Gasteiger partial charge in [0.15, 0.2) is 0 Å². The fourth-order valence-corrected chi connectivity index (χ4v) is 3.00. The van der Waals surface area contributed by atoms with E-state index in [4.69, 9.17) is 5.73 Å². The fraction of sp³-hybridized carbons (Fsp3) is 0.308. The van der Waals surface area contributed by atoms with Gasteiger partial charge in [0.05, 0.1) is 6.20 Å². The third-order valence-corrected chi connectivity index (χ3v) is 4.41. The molecule has 7 nitrogen and oxygen atoms in total. The fourth-order valence-electron chi connectivity index (χ4n) is 1.97. The van der Waals surface area contributed by atoms with Gasteiger partial charge in [0, 0.05) is 13.1 Å².